The fraction of sp³-hybridized carbons (Fsp3) is 0.444. The highest BCUT2D eigenvalue weighted by Crippen LogP contribution is 2.26. The van der Waals surface area contributed by atoms with Gasteiger partial charge in [-0.25, -0.2) is 9.66 Å². The molecule has 1 N–H and O–H groups in total. The summed E-state index contributed by atoms with van der Waals surface area (Å²) >= 11 is 4.18. The van der Waals surface area contributed by atoms with Gasteiger partial charge >= 0.3 is 0 Å². The Kier molecular flexibility index (Phi) is 3.06. The second kappa shape index (κ2) is 4.14. The van der Waals surface area contributed by atoms with E-state index in [1.54, 1.807) is 0 Å². The van der Waals surface area contributed by atoms with Crippen LogP contribution in [0.4, 0.5) is 0 Å². The molecule has 14 heavy (non-hydrogen) atoms. The van der Waals surface area contributed by atoms with Gasteiger partial charge in [-0.1, -0.05) is 29.5 Å². The predicted molar refractivity (Wildman–Crippen MR) is 69.6 cm³/mol. The van der Waals surface area contributed by atoms with E-state index in [0.29, 0.717) is 4.05 Å². The molecule has 2 rings (SSSR count). The van der Waals surface area contributed by atoms with Gasteiger partial charge in [-0.3, -0.25) is 0 Å². The van der Waals surface area contributed by atoms with E-state index in [2.05, 4.69) is 63.7 Å². The lowest BCUT2D eigenvalue weighted by Crippen LogP contribution is -2.25. The second-order valence-corrected chi connectivity index (χ2v) is 5.61. The van der Waals surface area contributed by atoms with Gasteiger partial charge in [0.15, 0.2) is 5.82 Å². The van der Waals surface area contributed by atoms with E-state index in [4.69, 9.17) is 0 Å². The lowest BCUT2D eigenvalue weighted by Gasteiger charge is -2.18. The summed E-state index contributed by atoms with van der Waals surface area (Å²) in [6, 6.07) is 0. The SMILES string of the molecule is CCSc1c(C)nc2n1N[C@@H](I)C=C2. The van der Waals surface area contributed by atoms with Gasteiger partial charge in [0.1, 0.15) is 9.07 Å². The highest BCUT2D eigenvalue weighted by molar-refractivity contribution is 14.1. The fourth-order valence-electron chi connectivity index (χ4n) is 1.41. The topological polar surface area (TPSA) is 29.9 Å². The first-order chi connectivity index (χ1) is 6.72. The summed E-state index contributed by atoms with van der Waals surface area (Å²) in [7, 11) is 0. The third-order valence-electron chi connectivity index (χ3n) is 1.97. The van der Waals surface area contributed by atoms with Gasteiger partial charge in [0.25, 0.3) is 0 Å². The predicted octanol–water partition coefficient (Wildman–Crippen LogP) is 2.63. The number of nitrogens with zero attached hydrogens (tertiary/aromatic N) is 2. The molecule has 1 aliphatic rings. The van der Waals surface area contributed by atoms with Crippen molar-refractivity contribution in [3.63, 3.8) is 0 Å². The zero-order valence-corrected chi connectivity index (χ0v) is 11.1. The summed E-state index contributed by atoms with van der Waals surface area (Å²) in [6.45, 7) is 4.21. The summed E-state index contributed by atoms with van der Waals surface area (Å²) in [5.74, 6) is 2.08. The number of imidazole rings is 1. The highest BCUT2D eigenvalue weighted by atomic mass is 127. The summed E-state index contributed by atoms with van der Waals surface area (Å²) in [5.41, 5.74) is 4.47. The molecule has 0 fully saturated rings. The Bertz CT molecular complexity index is 372. The minimum atomic E-state index is 0.352. The molecule has 0 aromatic carbocycles. The maximum absolute atomic E-state index is 4.49. The highest BCUT2D eigenvalue weighted by Gasteiger charge is 2.17. The standard InChI is InChI=1S/C9H12IN3S/c1-3-14-9-6(2)11-8-5-4-7(10)12-13(8)9/h4-5,7,12H,3H2,1-2H3/t7-/m1/s1. The van der Waals surface area contributed by atoms with E-state index in [1.165, 1.54) is 5.03 Å². The van der Waals surface area contributed by atoms with Gasteiger partial charge in [0, 0.05) is 0 Å². The molecule has 0 aliphatic carbocycles. The third-order valence-corrected chi connectivity index (χ3v) is 3.71. The molecule has 76 valence electrons. The van der Waals surface area contributed by atoms with Crippen LogP contribution < -0.4 is 5.43 Å². The molecule has 0 spiro atoms. The molecular weight excluding hydrogens is 309 g/mol. The van der Waals surface area contributed by atoms with Crippen LogP contribution in [0.5, 0.6) is 0 Å². The second-order valence-electron chi connectivity index (χ2n) is 3.02. The van der Waals surface area contributed by atoms with Crippen LogP contribution >= 0.6 is 34.4 Å². The van der Waals surface area contributed by atoms with Gasteiger partial charge < -0.3 is 5.43 Å². The summed E-state index contributed by atoms with van der Waals surface area (Å²) < 4.78 is 2.44. The quantitative estimate of drug-likeness (QED) is 0.393. The van der Waals surface area contributed by atoms with Crippen LogP contribution in [0, 0.1) is 6.92 Å². The van der Waals surface area contributed by atoms with Gasteiger partial charge in [-0.2, -0.15) is 0 Å². The molecule has 3 nitrogen and oxygen atoms in total. The number of alkyl halides is 1. The lowest BCUT2D eigenvalue weighted by atomic mass is 10.4. The number of nitrogens with one attached hydrogen (secondary N) is 1. The van der Waals surface area contributed by atoms with Crippen molar-refractivity contribution >= 4 is 40.4 Å². The van der Waals surface area contributed by atoms with Gasteiger partial charge in [0.05, 0.1) is 5.69 Å². The Morgan fingerprint density at radius 3 is 3.21 bits per heavy atom. The maximum atomic E-state index is 4.49. The molecule has 0 unspecified atom stereocenters. The Labute approximate surface area is 101 Å². The molecule has 0 radical (unpaired) electrons. The van der Waals surface area contributed by atoms with E-state index in [9.17, 15) is 0 Å². The zero-order valence-electron chi connectivity index (χ0n) is 8.12. The molecule has 1 atom stereocenters. The van der Waals surface area contributed by atoms with Crippen molar-refractivity contribution in [3.05, 3.63) is 17.6 Å². The summed E-state index contributed by atoms with van der Waals surface area (Å²) in [5, 5.41) is 1.23. The number of hydrogen-bond donors (Lipinski definition) is 1. The largest absolute Gasteiger partial charge is 0.307 e. The molecule has 1 aromatic heterocycles. The van der Waals surface area contributed by atoms with Gasteiger partial charge in [-0.15, -0.1) is 11.8 Å². The van der Waals surface area contributed by atoms with Crippen molar-refractivity contribution < 1.29 is 0 Å². The van der Waals surface area contributed by atoms with Crippen molar-refractivity contribution in [2.75, 3.05) is 11.2 Å². The average Bonchev–Trinajstić information content (AvgIpc) is 2.45. The molecule has 0 amide bonds. The molecule has 2 heterocycles. The van der Waals surface area contributed by atoms with Gasteiger partial charge in [0.2, 0.25) is 0 Å². The van der Waals surface area contributed by atoms with Gasteiger partial charge in [-0.05, 0) is 24.8 Å². The zero-order chi connectivity index (χ0) is 10.1. The number of fused-ring (bicyclic) bond motifs is 1. The third kappa shape index (κ3) is 1.79. The van der Waals surface area contributed by atoms with Crippen LogP contribution in [-0.2, 0) is 0 Å². The first kappa shape index (κ1) is 10.4. The average molecular weight is 321 g/mol. The molecule has 1 aromatic rings. The number of thioether (sulfide) groups is 1. The van der Waals surface area contributed by atoms with Crippen LogP contribution in [0.1, 0.15) is 18.4 Å². The molecule has 0 saturated heterocycles. The van der Waals surface area contributed by atoms with E-state index < -0.39 is 0 Å². The fourth-order valence-corrected chi connectivity index (χ4v) is 2.70. The molecule has 5 heteroatoms. The lowest BCUT2D eigenvalue weighted by molar-refractivity contribution is 0.778. The minimum Gasteiger partial charge on any atom is -0.307 e. The Morgan fingerprint density at radius 2 is 2.50 bits per heavy atom. The summed E-state index contributed by atoms with van der Waals surface area (Å²) in [6.07, 6.45) is 4.18. The van der Waals surface area contributed by atoms with E-state index in [0.717, 1.165) is 17.3 Å². The van der Waals surface area contributed by atoms with Crippen LogP contribution in [0.3, 0.4) is 0 Å². The number of hydrogen-bond acceptors (Lipinski definition) is 3. The first-order valence-corrected chi connectivity index (χ1v) is 6.76. The molecular formula is C9H12IN3S. The monoisotopic (exact) mass is 321 g/mol. The molecule has 1 aliphatic heterocycles. The van der Waals surface area contributed by atoms with E-state index in [-0.39, 0.29) is 0 Å². The van der Waals surface area contributed by atoms with Crippen LogP contribution in [-0.4, -0.2) is 19.5 Å². The molecule has 0 saturated carbocycles. The van der Waals surface area contributed by atoms with E-state index >= 15 is 0 Å². The van der Waals surface area contributed by atoms with Crippen molar-refractivity contribution in [3.8, 4) is 0 Å². The number of halogens is 1. The van der Waals surface area contributed by atoms with Crippen molar-refractivity contribution in [2.45, 2.75) is 22.9 Å². The number of aromatic nitrogens is 2. The minimum absolute atomic E-state index is 0.352. The van der Waals surface area contributed by atoms with E-state index in [1.807, 2.05) is 11.8 Å². The Morgan fingerprint density at radius 1 is 1.71 bits per heavy atom. The van der Waals surface area contributed by atoms with Crippen LogP contribution in [0.15, 0.2) is 11.1 Å². The van der Waals surface area contributed by atoms with Crippen LogP contribution in [0.2, 0.25) is 0 Å². The smallest absolute Gasteiger partial charge is 0.152 e. The molecule has 0 bridgehead atoms. The Hall–Kier alpha value is -0.170. The van der Waals surface area contributed by atoms with Crippen molar-refractivity contribution in [2.24, 2.45) is 0 Å². The summed E-state index contributed by atoms with van der Waals surface area (Å²) in [4.78, 5) is 4.49. The number of aryl methyl sites for hydroxylation is 1. The van der Waals surface area contributed by atoms with Crippen molar-refractivity contribution in [1.29, 1.82) is 0 Å². The van der Waals surface area contributed by atoms with Crippen molar-refractivity contribution in [1.82, 2.24) is 9.66 Å². The normalized spacial score (nSPS) is 19.2. The maximum Gasteiger partial charge on any atom is 0.152 e. The van der Waals surface area contributed by atoms with Crippen LogP contribution in [0.25, 0.3) is 6.08 Å². The Balaban J connectivity index is 2.41. The first-order valence-electron chi connectivity index (χ1n) is 4.53. The number of rotatable bonds is 2.